The van der Waals surface area contributed by atoms with Crippen LogP contribution in [0.3, 0.4) is 0 Å². The van der Waals surface area contributed by atoms with E-state index in [2.05, 4.69) is 20.6 Å². The lowest BCUT2D eigenvalue weighted by Gasteiger charge is -2.24. The second kappa shape index (κ2) is 5.14. The van der Waals surface area contributed by atoms with Crippen LogP contribution in [0.1, 0.15) is 29.2 Å². The van der Waals surface area contributed by atoms with E-state index in [1.807, 2.05) is 24.4 Å². The van der Waals surface area contributed by atoms with Crippen molar-refractivity contribution in [3.8, 4) is 0 Å². The summed E-state index contributed by atoms with van der Waals surface area (Å²) >= 11 is 1.66. The topological polar surface area (TPSA) is 69.8 Å². The lowest BCUT2D eigenvalue weighted by molar-refractivity contribution is -0.124. The maximum absolute atomic E-state index is 12.2. The zero-order valence-electron chi connectivity index (χ0n) is 10.6. The lowest BCUT2D eigenvalue weighted by atomic mass is 10.0. The molecule has 19 heavy (non-hydrogen) atoms. The van der Waals surface area contributed by atoms with Gasteiger partial charge in [0.05, 0.1) is 29.8 Å². The Hall–Kier alpha value is -1.66. The van der Waals surface area contributed by atoms with Gasteiger partial charge in [0.25, 0.3) is 0 Å². The predicted octanol–water partition coefficient (Wildman–Crippen LogP) is 1.36. The van der Waals surface area contributed by atoms with E-state index in [1.165, 1.54) is 4.88 Å². The summed E-state index contributed by atoms with van der Waals surface area (Å²) in [5.74, 6) is 0.0366. The molecule has 5 nitrogen and oxygen atoms in total. The van der Waals surface area contributed by atoms with Crippen LogP contribution in [0.2, 0.25) is 0 Å². The van der Waals surface area contributed by atoms with Gasteiger partial charge in [-0.2, -0.15) is 0 Å². The van der Waals surface area contributed by atoms with Crippen molar-refractivity contribution in [2.24, 2.45) is 0 Å². The normalized spacial score (nSPS) is 19.7. The van der Waals surface area contributed by atoms with Crippen molar-refractivity contribution in [2.45, 2.75) is 32.0 Å². The van der Waals surface area contributed by atoms with Crippen molar-refractivity contribution in [3.05, 3.63) is 40.1 Å². The number of carbonyl (C=O) groups is 1. The zero-order valence-corrected chi connectivity index (χ0v) is 11.5. The SMILES string of the molecule is C[C@H](NC(=O)C1Cc2nc[nH]c2CN1)c1cccs1. The molecule has 0 fully saturated rings. The van der Waals surface area contributed by atoms with Crippen LogP contribution < -0.4 is 10.6 Å². The average molecular weight is 276 g/mol. The number of hydrogen-bond acceptors (Lipinski definition) is 4. The van der Waals surface area contributed by atoms with Gasteiger partial charge in [0.2, 0.25) is 5.91 Å². The summed E-state index contributed by atoms with van der Waals surface area (Å²) in [4.78, 5) is 20.7. The van der Waals surface area contributed by atoms with Gasteiger partial charge in [-0.15, -0.1) is 11.3 Å². The Morgan fingerprint density at radius 1 is 1.63 bits per heavy atom. The minimum atomic E-state index is -0.196. The molecule has 1 aliphatic heterocycles. The molecule has 2 aromatic rings. The van der Waals surface area contributed by atoms with Gasteiger partial charge < -0.3 is 10.3 Å². The largest absolute Gasteiger partial charge is 0.347 e. The molecule has 0 saturated carbocycles. The van der Waals surface area contributed by atoms with Crippen molar-refractivity contribution in [1.29, 1.82) is 0 Å². The van der Waals surface area contributed by atoms with E-state index in [-0.39, 0.29) is 18.0 Å². The Morgan fingerprint density at radius 3 is 3.32 bits per heavy atom. The average Bonchev–Trinajstić information content (AvgIpc) is 3.09. The van der Waals surface area contributed by atoms with Crippen LogP contribution in [0.25, 0.3) is 0 Å². The number of carbonyl (C=O) groups excluding carboxylic acids is 1. The van der Waals surface area contributed by atoms with Gasteiger partial charge in [-0.1, -0.05) is 6.07 Å². The number of H-pyrrole nitrogens is 1. The molecule has 3 heterocycles. The Balaban J connectivity index is 1.63. The highest BCUT2D eigenvalue weighted by molar-refractivity contribution is 7.10. The predicted molar refractivity (Wildman–Crippen MR) is 73.8 cm³/mol. The van der Waals surface area contributed by atoms with E-state index in [4.69, 9.17) is 0 Å². The summed E-state index contributed by atoms with van der Waals surface area (Å²) in [7, 11) is 0. The van der Waals surface area contributed by atoms with Gasteiger partial charge in [-0.05, 0) is 18.4 Å². The fraction of sp³-hybridized carbons (Fsp3) is 0.385. The smallest absolute Gasteiger partial charge is 0.238 e. The van der Waals surface area contributed by atoms with E-state index in [0.717, 1.165) is 11.4 Å². The van der Waals surface area contributed by atoms with E-state index < -0.39 is 0 Å². The van der Waals surface area contributed by atoms with Gasteiger partial charge in [0.1, 0.15) is 0 Å². The van der Waals surface area contributed by atoms with Crippen molar-refractivity contribution in [3.63, 3.8) is 0 Å². The number of nitrogens with zero attached hydrogens (tertiary/aromatic N) is 1. The molecule has 0 aromatic carbocycles. The molecular weight excluding hydrogens is 260 g/mol. The molecule has 0 saturated heterocycles. The van der Waals surface area contributed by atoms with Gasteiger partial charge in [-0.25, -0.2) is 4.98 Å². The highest BCUT2D eigenvalue weighted by atomic mass is 32.1. The Labute approximate surface area is 115 Å². The first kappa shape index (κ1) is 12.4. The van der Waals surface area contributed by atoms with Crippen molar-refractivity contribution >= 4 is 17.2 Å². The second-order valence-electron chi connectivity index (χ2n) is 4.71. The quantitative estimate of drug-likeness (QED) is 0.793. The zero-order chi connectivity index (χ0) is 13.2. The third kappa shape index (κ3) is 2.54. The molecule has 0 aliphatic carbocycles. The van der Waals surface area contributed by atoms with Crippen LogP contribution in [0, 0.1) is 0 Å². The molecule has 0 bridgehead atoms. The van der Waals surface area contributed by atoms with Crippen LogP contribution in [0.15, 0.2) is 23.8 Å². The molecule has 0 radical (unpaired) electrons. The Bertz CT molecular complexity index is 563. The number of rotatable bonds is 3. The van der Waals surface area contributed by atoms with Gasteiger partial charge in [0.15, 0.2) is 0 Å². The first-order valence-electron chi connectivity index (χ1n) is 6.32. The summed E-state index contributed by atoms with van der Waals surface area (Å²) in [5, 5.41) is 8.30. The molecular formula is C13H16N4OS. The molecule has 3 rings (SSSR count). The molecule has 1 aliphatic rings. The van der Waals surface area contributed by atoms with E-state index in [1.54, 1.807) is 17.7 Å². The third-order valence-corrected chi connectivity index (χ3v) is 4.43. The van der Waals surface area contributed by atoms with Crippen LogP contribution in [-0.2, 0) is 17.8 Å². The van der Waals surface area contributed by atoms with Crippen LogP contribution in [0.4, 0.5) is 0 Å². The van der Waals surface area contributed by atoms with Gasteiger partial charge in [0, 0.05) is 17.8 Å². The fourth-order valence-electron chi connectivity index (χ4n) is 2.28. The fourth-order valence-corrected chi connectivity index (χ4v) is 3.01. The first-order chi connectivity index (χ1) is 9.24. The van der Waals surface area contributed by atoms with Crippen LogP contribution >= 0.6 is 11.3 Å². The van der Waals surface area contributed by atoms with Crippen molar-refractivity contribution in [1.82, 2.24) is 20.6 Å². The minimum Gasteiger partial charge on any atom is -0.347 e. The standard InChI is InChI=1S/C13H16N4OS/c1-8(12-3-2-4-19-12)17-13(18)10-5-9-11(6-14-10)16-7-15-9/h2-4,7-8,10,14H,5-6H2,1H3,(H,15,16)(H,17,18)/t8-,10?/m0/s1. The Morgan fingerprint density at radius 2 is 2.53 bits per heavy atom. The highest BCUT2D eigenvalue weighted by Crippen LogP contribution is 2.19. The maximum Gasteiger partial charge on any atom is 0.238 e. The highest BCUT2D eigenvalue weighted by Gasteiger charge is 2.26. The summed E-state index contributed by atoms with van der Waals surface area (Å²) in [6.45, 7) is 2.67. The van der Waals surface area contributed by atoms with Crippen LogP contribution in [0.5, 0.6) is 0 Å². The molecule has 0 spiro atoms. The van der Waals surface area contributed by atoms with E-state index in [9.17, 15) is 4.79 Å². The Kier molecular flexibility index (Phi) is 3.35. The summed E-state index contributed by atoms with van der Waals surface area (Å²) in [6, 6.07) is 3.89. The molecule has 3 N–H and O–H groups in total. The second-order valence-corrected chi connectivity index (χ2v) is 5.69. The number of amides is 1. The van der Waals surface area contributed by atoms with E-state index >= 15 is 0 Å². The monoisotopic (exact) mass is 276 g/mol. The van der Waals surface area contributed by atoms with Gasteiger partial charge >= 0.3 is 0 Å². The molecule has 100 valence electrons. The van der Waals surface area contributed by atoms with Crippen molar-refractivity contribution in [2.75, 3.05) is 0 Å². The summed E-state index contributed by atoms with van der Waals surface area (Å²) in [6.07, 6.45) is 2.32. The number of fused-ring (bicyclic) bond motifs is 1. The lowest BCUT2D eigenvalue weighted by Crippen LogP contribution is -2.48. The summed E-state index contributed by atoms with van der Waals surface area (Å²) in [5.41, 5.74) is 2.07. The molecule has 2 aromatic heterocycles. The molecule has 1 amide bonds. The number of aromatic amines is 1. The molecule has 1 unspecified atom stereocenters. The number of nitrogens with one attached hydrogen (secondary N) is 3. The molecule has 2 atom stereocenters. The summed E-state index contributed by atoms with van der Waals surface area (Å²) < 4.78 is 0. The van der Waals surface area contributed by atoms with Crippen molar-refractivity contribution < 1.29 is 4.79 Å². The number of imidazole rings is 1. The number of thiophene rings is 1. The van der Waals surface area contributed by atoms with Gasteiger partial charge in [-0.3, -0.25) is 10.1 Å². The van der Waals surface area contributed by atoms with Crippen LogP contribution in [-0.4, -0.2) is 21.9 Å². The first-order valence-corrected chi connectivity index (χ1v) is 7.20. The minimum absolute atomic E-state index is 0.0366. The van der Waals surface area contributed by atoms with E-state index in [0.29, 0.717) is 13.0 Å². The number of hydrogen-bond donors (Lipinski definition) is 3. The molecule has 6 heteroatoms. The number of aromatic nitrogens is 2. The maximum atomic E-state index is 12.2. The third-order valence-electron chi connectivity index (χ3n) is 3.38.